The highest BCUT2D eigenvalue weighted by Gasteiger charge is 2.04. The van der Waals surface area contributed by atoms with Gasteiger partial charge in [-0.05, 0) is 30.9 Å². The first-order chi connectivity index (χ1) is 9.77. The average molecular weight is 421 g/mol. The summed E-state index contributed by atoms with van der Waals surface area (Å²) in [5.41, 5.74) is 1.34. The quantitative estimate of drug-likeness (QED) is 0.291. The van der Waals surface area contributed by atoms with Crippen LogP contribution in [0.25, 0.3) is 0 Å². The van der Waals surface area contributed by atoms with Crippen LogP contribution >= 0.6 is 35.7 Å². The third kappa shape index (κ3) is 9.24. The third-order valence-corrected chi connectivity index (χ3v) is 3.75. The van der Waals surface area contributed by atoms with Crippen molar-refractivity contribution in [2.75, 3.05) is 31.6 Å². The van der Waals surface area contributed by atoms with Crippen molar-refractivity contribution >= 4 is 41.7 Å². The van der Waals surface area contributed by atoms with Gasteiger partial charge in [-0.15, -0.1) is 24.0 Å². The van der Waals surface area contributed by atoms with Gasteiger partial charge in [-0.3, -0.25) is 4.99 Å². The molecule has 0 radical (unpaired) electrons. The molecule has 0 bridgehead atoms. The normalized spacial score (nSPS) is 12.4. The molecule has 0 aliphatic heterocycles. The lowest BCUT2D eigenvalue weighted by molar-refractivity contribution is 0.743. The van der Waals surface area contributed by atoms with E-state index in [2.05, 4.69) is 66.1 Å². The second-order valence-corrected chi connectivity index (χ2v) is 5.79. The molecule has 3 nitrogen and oxygen atoms in total. The smallest absolute Gasteiger partial charge is 0.191 e. The van der Waals surface area contributed by atoms with Gasteiger partial charge in [-0.2, -0.15) is 11.8 Å². The Balaban J connectivity index is 0.00000400. The predicted octanol–water partition coefficient (Wildman–Crippen LogP) is 3.72. The summed E-state index contributed by atoms with van der Waals surface area (Å²) in [5, 5.41) is 6.69. The van der Waals surface area contributed by atoms with Crippen LogP contribution in [0, 0.1) is 0 Å². The van der Waals surface area contributed by atoms with E-state index in [4.69, 9.17) is 0 Å². The molecule has 0 aromatic heterocycles. The number of halogens is 1. The Morgan fingerprint density at radius 2 is 1.95 bits per heavy atom. The van der Waals surface area contributed by atoms with Crippen molar-refractivity contribution in [1.82, 2.24) is 10.6 Å². The topological polar surface area (TPSA) is 36.4 Å². The SMILES string of the molecule is CCNC(=NCC(C)c1ccccc1)NCCCSC.I. The van der Waals surface area contributed by atoms with E-state index in [1.165, 1.54) is 17.7 Å². The van der Waals surface area contributed by atoms with E-state index in [1.54, 1.807) is 0 Å². The summed E-state index contributed by atoms with van der Waals surface area (Å²) >= 11 is 1.88. The van der Waals surface area contributed by atoms with E-state index in [0.717, 1.165) is 25.6 Å². The number of aliphatic imine (C=N–C) groups is 1. The maximum atomic E-state index is 4.68. The van der Waals surface area contributed by atoms with E-state index in [1.807, 2.05) is 11.8 Å². The van der Waals surface area contributed by atoms with Gasteiger partial charge in [-0.25, -0.2) is 0 Å². The second-order valence-electron chi connectivity index (χ2n) is 4.80. The zero-order valence-corrected chi connectivity index (χ0v) is 16.4. The first kappa shape index (κ1) is 20.6. The molecule has 120 valence electrons. The number of benzene rings is 1. The summed E-state index contributed by atoms with van der Waals surface area (Å²) in [4.78, 5) is 4.68. The van der Waals surface area contributed by atoms with Gasteiger partial charge in [0, 0.05) is 25.6 Å². The van der Waals surface area contributed by atoms with Gasteiger partial charge < -0.3 is 10.6 Å². The molecule has 0 saturated heterocycles. The lowest BCUT2D eigenvalue weighted by atomic mass is 10.0. The van der Waals surface area contributed by atoms with Gasteiger partial charge in [0.2, 0.25) is 0 Å². The molecule has 0 heterocycles. The molecule has 0 spiro atoms. The molecule has 0 fully saturated rings. The highest BCUT2D eigenvalue weighted by Crippen LogP contribution is 2.14. The molecule has 0 saturated carbocycles. The lowest BCUT2D eigenvalue weighted by Crippen LogP contribution is -2.38. The molecule has 21 heavy (non-hydrogen) atoms. The number of hydrogen-bond donors (Lipinski definition) is 2. The number of nitrogens with zero attached hydrogens (tertiary/aromatic N) is 1. The monoisotopic (exact) mass is 421 g/mol. The largest absolute Gasteiger partial charge is 0.357 e. The summed E-state index contributed by atoms with van der Waals surface area (Å²) in [6.45, 7) is 7.00. The summed E-state index contributed by atoms with van der Waals surface area (Å²) < 4.78 is 0. The van der Waals surface area contributed by atoms with E-state index in [0.29, 0.717) is 5.92 Å². The number of hydrogen-bond acceptors (Lipinski definition) is 2. The van der Waals surface area contributed by atoms with E-state index in [9.17, 15) is 0 Å². The lowest BCUT2D eigenvalue weighted by Gasteiger charge is -2.13. The Morgan fingerprint density at radius 1 is 1.24 bits per heavy atom. The highest BCUT2D eigenvalue weighted by atomic mass is 127. The Morgan fingerprint density at radius 3 is 2.57 bits per heavy atom. The average Bonchev–Trinajstić information content (AvgIpc) is 2.49. The summed E-state index contributed by atoms with van der Waals surface area (Å²) in [5.74, 6) is 2.56. The minimum Gasteiger partial charge on any atom is -0.357 e. The molecule has 0 amide bonds. The molecule has 1 aromatic rings. The molecule has 0 aliphatic rings. The Labute approximate surface area is 150 Å². The number of guanidine groups is 1. The van der Waals surface area contributed by atoms with Crippen LogP contribution in [0.15, 0.2) is 35.3 Å². The Hall–Kier alpha value is -0.430. The van der Waals surface area contributed by atoms with Crippen molar-refractivity contribution in [3.05, 3.63) is 35.9 Å². The standard InChI is InChI=1S/C16H27N3S.HI/c1-4-17-16(18-11-8-12-20-3)19-13-14(2)15-9-6-5-7-10-15;/h5-7,9-10,14H,4,8,11-13H2,1-3H3,(H2,17,18,19);1H. The van der Waals surface area contributed by atoms with Crippen LogP contribution in [-0.4, -0.2) is 37.6 Å². The molecule has 1 aromatic carbocycles. The number of nitrogens with one attached hydrogen (secondary N) is 2. The predicted molar refractivity (Wildman–Crippen MR) is 107 cm³/mol. The maximum absolute atomic E-state index is 4.68. The summed E-state index contributed by atoms with van der Waals surface area (Å²) in [6.07, 6.45) is 3.31. The van der Waals surface area contributed by atoms with Crippen molar-refractivity contribution in [2.45, 2.75) is 26.2 Å². The van der Waals surface area contributed by atoms with Crippen molar-refractivity contribution < 1.29 is 0 Å². The molecular formula is C16H28IN3S. The minimum absolute atomic E-state index is 0. The molecular weight excluding hydrogens is 393 g/mol. The van der Waals surface area contributed by atoms with Crippen LogP contribution in [0.1, 0.15) is 31.7 Å². The van der Waals surface area contributed by atoms with Crippen molar-refractivity contribution in [2.24, 2.45) is 4.99 Å². The summed E-state index contributed by atoms with van der Waals surface area (Å²) in [6, 6.07) is 10.6. The molecule has 0 aliphatic carbocycles. The fourth-order valence-corrected chi connectivity index (χ4v) is 2.31. The van der Waals surface area contributed by atoms with Gasteiger partial charge in [0.25, 0.3) is 0 Å². The molecule has 1 unspecified atom stereocenters. The molecule has 2 N–H and O–H groups in total. The highest BCUT2D eigenvalue weighted by molar-refractivity contribution is 14.0. The molecule has 5 heteroatoms. The van der Waals surface area contributed by atoms with Gasteiger partial charge in [0.15, 0.2) is 5.96 Å². The van der Waals surface area contributed by atoms with Crippen LogP contribution in [-0.2, 0) is 0 Å². The first-order valence-corrected chi connectivity index (χ1v) is 8.73. The van der Waals surface area contributed by atoms with Crippen LogP contribution in [0.5, 0.6) is 0 Å². The van der Waals surface area contributed by atoms with Gasteiger partial charge in [0.05, 0.1) is 0 Å². The zero-order valence-electron chi connectivity index (χ0n) is 13.3. The second kappa shape index (κ2) is 13.2. The molecule has 1 atom stereocenters. The number of rotatable bonds is 8. The third-order valence-electron chi connectivity index (χ3n) is 3.05. The first-order valence-electron chi connectivity index (χ1n) is 7.34. The maximum Gasteiger partial charge on any atom is 0.191 e. The van der Waals surface area contributed by atoms with Crippen LogP contribution in [0.2, 0.25) is 0 Å². The van der Waals surface area contributed by atoms with Gasteiger partial charge in [0.1, 0.15) is 0 Å². The van der Waals surface area contributed by atoms with E-state index in [-0.39, 0.29) is 24.0 Å². The number of thioether (sulfide) groups is 1. The van der Waals surface area contributed by atoms with Gasteiger partial charge >= 0.3 is 0 Å². The zero-order chi connectivity index (χ0) is 14.6. The van der Waals surface area contributed by atoms with Gasteiger partial charge in [-0.1, -0.05) is 37.3 Å². The Kier molecular flexibility index (Phi) is 13.0. The fraction of sp³-hybridized carbons (Fsp3) is 0.562. The van der Waals surface area contributed by atoms with Crippen LogP contribution < -0.4 is 10.6 Å². The van der Waals surface area contributed by atoms with Crippen LogP contribution in [0.3, 0.4) is 0 Å². The minimum atomic E-state index is 0. The summed E-state index contributed by atoms with van der Waals surface area (Å²) in [7, 11) is 0. The van der Waals surface area contributed by atoms with Crippen LogP contribution in [0.4, 0.5) is 0 Å². The van der Waals surface area contributed by atoms with E-state index >= 15 is 0 Å². The van der Waals surface area contributed by atoms with Crippen molar-refractivity contribution in [3.8, 4) is 0 Å². The van der Waals surface area contributed by atoms with Crippen molar-refractivity contribution in [1.29, 1.82) is 0 Å². The molecule has 1 rings (SSSR count). The fourth-order valence-electron chi connectivity index (χ4n) is 1.88. The van der Waals surface area contributed by atoms with E-state index < -0.39 is 0 Å². The Bertz CT molecular complexity index is 384. The van der Waals surface area contributed by atoms with Crippen molar-refractivity contribution in [3.63, 3.8) is 0 Å².